The Balaban J connectivity index is 1.37. The SMILES string of the molecule is C/C=C(/Nc1cc2cc(C3=CN=CC3)ccc2cn1)c1cccc(CN2CCCC2)c1. The lowest BCUT2D eigenvalue weighted by molar-refractivity contribution is 0.331. The molecule has 1 fully saturated rings. The zero-order valence-electron chi connectivity index (χ0n) is 18.0. The zero-order valence-corrected chi connectivity index (χ0v) is 18.0. The van der Waals surface area contributed by atoms with Gasteiger partial charge in [-0.1, -0.05) is 36.4 Å². The van der Waals surface area contributed by atoms with Gasteiger partial charge in [0.15, 0.2) is 0 Å². The molecule has 0 aliphatic carbocycles. The van der Waals surface area contributed by atoms with Crippen LogP contribution >= 0.6 is 0 Å². The highest BCUT2D eigenvalue weighted by Crippen LogP contribution is 2.27. The Labute approximate surface area is 184 Å². The highest BCUT2D eigenvalue weighted by molar-refractivity contribution is 5.91. The van der Waals surface area contributed by atoms with Crippen LogP contribution in [0.3, 0.4) is 0 Å². The van der Waals surface area contributed by atoms with E-state index in [9.17, 15) is 0 Å². The average Bonchev–Trinajstić information content (AvgIpc) is 3.52. The van der Waals surface area contributed by atoms with Crippen molar-refractivity contribution in [1.29, 1.82) is 0 Å². The number of likely N-dealkylation sites (tertiary alicyclic amines) is 1. The summed E-state index contributed by atoms with van der Waals surface area (Å²) < 4.78 is 0. The Bertz CT molecular complexity index is 1180. The van der Waals surface area contributed by atoms with Crippen LogP contribution in [0.1, 0.15) is 42.9 Å². The van der Waals surface area contributed by atoms with Crippen LogP contribution in [0.25, 0.3) is 22.0 Å². The predicted octanol–water partition coefficient (Wildman–Crippen LogP) is 6.12. The molecule has 0 bridgehead atoms. The molecule has 3 heterocycles. The van der Waals surface area contributed by atoms with Gasteiger partial charge in [-0.3, -0.25) is 9.89 Å². The van der Waals surface area contributed by atoms with E-state index < -0.39 is 0 Å². The van der Waals surface area contributed by atoms with Crippen LogP contribution in [-0.4, -0.2) is 29.2 Å². The summed E-state index contributed by atoms with van der Waals surface area (Å²) in [5.41, 5.74) is 6.13. The normalized spacial score (nSPS) is 16.8. The van der Waals surface area contributed by atoms with Gasteiger partial charge in [0.2, 0.25) is 0 Å². The van der Waals surface area contributed by atoms with Crippen LogP contribution in [0, 0.1) is 0 Å². The molecule has 31 heavy (non-hydrogen) atoms. The molecule has 1 aromatic heterocycles. The quantitative estimate of drug-likeness (QED) is 0.534. The monoisotopic (exact) mass is 408 g/mol. The highest BCUT2D eigenvalue weighted by atomic mass is 15.1. The first-order valence-electron chi connectivity index (χ1n) is 11.1. The number of rotatable bonds is 6. The summed E-state index contributed by atoms with van der Waals surface area (Å²) in [6.45, 7) is 5.53. The molecule has 156 valence electrons. The van der Waals surface area contributed by atoms with Crippen molar-refractivity contribution in [3.05, 3.63) is 83.7 Å². The predicted molar refractivity (Wildman–Crippen MR) is 131 cm³/mol. The van der Waals surface area contributed by atoms with Gasteiger partial charge in [-0.2, -0.15) is 0 Å². The van der Waals surface area contributed by atoms with Crippen LogP contribution < -0.4 is 5.32 Å². The fourth-order valence-electron chi connectivity index (χ4n) is 4.43. The number of nitrogens with one attached hydrogen (secondary N) is 1. The summed E-state index contributed by atoms with van der Waals surface area (Å²) in [6, 6.07) is 17.5. The standard InChI is InChI=1S/C27H28N4/c1-2-26(22-7-5-6-20(14-22)19-31-12-3-4-13-31)30-27-16-25-15-21(24-10-11-28-17-24)8-9-23(25)18-29-27/h2,5-9,11,14-18H,3-4,10,12-13,19H2,1H3,(H,29,30)/b26-2+. The van der Waals surface area contributed by atoms with Crippen molar-refractivity contribution >= 4 is 34.1 Å². The maximum absolute atomic E-state index is 4.65. The fraction of sp³-hybridized carbons (Fsp3) is 0.259. The fourth-order valence-corrected chi connectivity index (χ4v) is 4.43. The molecule has 4 heteroatoms. The molecule has 0 saturated carbocycles. The number of nitrogens with zero attached hydrogens (tertiary/aromatic N) is 3. The summed E-state index contributed by atoms with van der Waals surface area (Å²) in [5.74, 6) is 0.861. The molecule has 0 radical (unpaired) electrons. The summed E-state index contributed by atoms with van der Waals surface area (Å²) in [7, 11) is 0. The van der Waals surface area contributed by atoms with Gasteiger partial charge < -0.3 is 5.32 Å². The maximum atomic E-state index is 4.65. The van der Waals surface area contributed by atoms with E-state index in [2.05, 4.69) is 81.7 Å². The summed E-state index contributed by atoms with van der Waals surface area (Å²) in [6.07, 6.45) is 11.5. The van der Waals surface area contributed by atoms with E-state index >= 15 is 0 Å². The Morgan fingerprint density at radius 2 is 1.97 bits per heavy atom. The molecule has 0 amide bonds. The Kier molecular flexibility index (Phi) is 5.63. The van der Waals surface area contributed by atoms with Crippen molar-refractivity contribution in [2.75, 3.05) is 18.4 Å². The van der Waals surface area contributed by atoms with E-state index in [0.29, 0.717) is 0 Å². The van der Waals surface area contributed by atoms with Crippen LogP contribution in [0.15, 0.2) is 72.0 Å². The first-order valence-corrected chi connectivity index (χ1v) is 11.1. The van der Waals surface area contributed by atoms with Crippen LogP contribution in [-0.2, 0) is 6.54 Å². The number of hydrogen-bond acceptors (Lipinski definition) is 4. The van der Waals surface area contributed by atoms with Gasteiger partial charge in [-0.05, 0) is 78.7 Å². The van der Waals surface area contributed by atoms with E-state index in [1.165, 1.54) is 53.6 Å². The summed E-state index contributed by atoms with van der Waals surface area (Å²) in [4.78, 5) is 11.4. The summed E-state index contributed by atoms with van der Waals surface area (Å²) >= 11 is 0. The third-order valence-electron chi connectivity index (χ3n) is 6.13. The van der Waals surface area contributed by atoms with Crippen molar-refractivity contribution < 1.29 is 0 Å². The lowest BCUT2D eigenvalue weighted by Gasteiger charge is -2.16. The van der Waals surface area contributed by atoms with Gasteiger partial charge in [0, 0.05) is 42.7 Å². The number of allylic oxidation sites excluding steroid dienone is 2. The van der Waals surface area contributed by atoms with Crippen LogP contribution in [0.5, 0.6) is 0 Å². The van der Waals surface area contributed by atoms with Gasteiger partial charge in [0.25, 0.3) is 0 Å². The first kappa shape index (κ1) is 19.7. The zero-order chi connectivity index (χ0) is 21.0. The Morgan fingerprint density at radius 1 is 1.06 bits per heavy atom. The molecule has 5 rings (SSSR count). The molecule has 1 saturated heterocycles. The second kappa shape index (κ2) is 8.86. The Hall–Kier alpha value is -3.24. The van der Waals surface area contributed by atoms with Crippen LogP contribution in [0.4, 0.5) is 5.82 Å². The van der Waals surface area contributed by atoms with E-state index in [1.807, 2.05) is 18.6 Å². The van der Waals surface area contributed by atoms with Crippen molar-refractivity contribution in [3.8, 4) is 0 Å². The largest absolute Gasteiger partial charge is 0.340 e. The third kappa shape index (κ3) is 4.44. The van der Waals surface area contributed by atoms with Crippen molar-refractivity contribution in [3.63, 3.8) is 0 Å². The molecule has 1 N–H and O–H groups in total. The Morgan fingerprint density at radius 3 is 2.77 bits per heavy atom. The molecule has 3 aromatic rings. The molecule has 2 aromatic carbocycles. The minimum absolute atomic E-state index is 0.861. The number of pyridine rings is 1. The molecule has 0 unspecified atom stereocenters. The van der Waals surface area contributed by atoms with Gasteiger partial charge in [-0.15, -0.1) is 0 Å². The second-order valence-electron chi connectivity index (χ2n) is 8.33. The molecule has 2 aliphatic rings. The smallest absolute Gasteiger partial charge is 0.130 e. The van der Waals surface area contributed by atoms with Gasteiger partial charge >= 0.3 is 0 Å². The first-order chi connectivity index (χ1) is 15.3. The molecule has 0 spiro atoms. The van der Waals surface area contributed by atoms with E-state index in [1.54, 1.807) is 0 Å². The molecular formula is C27H28N4. The third-order valence-corrected chi connectivity index (χ3v) is 6.13. The van der Waals surface area contributed by atoms with E-state index in [-0.39, 0.29) is 0 Å². The van der Waals surface area contributed by atoms with Crippen molar-refractivity contribution in [2.24, 2.45) is 4.99 Å². The maximum Gasteiger partial charge on any atom is 0.130 e. The molecule has 4 nitrogen and oxygen atoms in total. The van der Waals surface area contributed by atoms with E-state index in [0.717, 1.165) is 29.9 Å². The lowest BCUT2D eigenvalue weighted by atomic mass is 10.0. The minimum atomic E-state index is 0.861. The highest BCUT2D eigenvalue weighted by Gasteiger charge is 2.12. The molecule has 0 atom stereocenters. The van der Waals surface area contributed by atoms with E-state index in [4.69, 9.17) is 0 Å². The molecule has 2 aliphatic heterocycles. The van der Waals surface area contributed by atoms with Gasteiger partial charge in [0.05, 0.1) is 0 Å². The minimum Gasteiger partial charge on any atom is -0.340 e. The number of hydrogen-bond donors (Lipinski definition) is 1. The average molecular weight is 409 g/mol. The van der Waals surface area contributed by atoms with Gasteiger partial charge in [-0.25, -0.2) is 4.98 Å². The van der Waals surface area contributed by atoms with Gasteiger partial charge in [0.1, 0.15) is 5.82 Å². The summed E-state index contributed by atoms with van der Waals surface area (Å²) in [5, 5.41) is 5.87. The topological polar surface area (TPSA) is 40.5 Å². The van der Waals surface area contributed by atoms with Crippen LogP contribution in [0.2, 0.25) is 0 Å². The number of fused-ring (bicyclic) bond motifs is 1. The van der Waals surface area contributed by atoms with Crippen molar-refractivity contribution in [1.82, 2.24) is 9.88 Å². The molecular weight excluding hydrogens is 380 g/mol. The number of anilines is 1. The number of aromatic nitrogens is 1. The number of aliphatic imine (C=N–C) groups is 1. The number of benzene rings is 2. The lowest BCUT2D eigenvalue weighted by Crippen LogP contribution is -2.18. The van der Waals surface area contributed by atoms with Crippen molar-refractivity contribution in [2.45, 2.75) is 32.7 Å². The second-order valence-corrected chi connectivity index (χ2v) is 8.33.